The first-order chi connectivity index (χ1) is 2.50. The van der Waals surface area contributed by atoms with Crippen molar-refractivity contribution in [3.05, 3.63) is 11.4 Å². The van der Waals surface area contributed by atoms with Crippen LogP contribution in [0.2, 0.25) is 5.67 Å². The van der Waals surface area contributed by atoms with Gasteiger partial charge < -0.3 is 0 Å². The van der Waals surface area contributed by atoms with E-state index in [0.717, 1.165) is 19.0 Å². The lowest BCUT2D eigenvalue weighted by Crippen LogP contribution is -1.77. The van der Waals surface area contributed by atoms with Crippen LogP contribution in [0.4, 0.5) is 0 Å². The summed E-state index contributed by atoms with van der Waals surface area (Å²) < 4.78 is 0. The molecule has 0 aromatic heterocycles. The zero-order valence-corrected chi connectivity index (χ0v) is 4.86. The van der Waals surface area contributed by atoms with Crippen LogP contribution in [0, 0.1) is 0 Å². The van der Waals surface area contributed by atoms with Crippen LogP contribution in [0.5, 0.6) is 0 Å². The molecule has 0 bridgehead atoms. The summed E-state index contributed by atoms with van der Waals surface area (Å²) in [6, 6.07) is 0. The summed E-state index contributed by atoms with van der Waals surface area (Å²) in [5.74, 6) is 0. The van der Waals surface area contributed by atoms with E-state index in [9.17, 15) is 0 Å². The van der Waals surface area contributed by atoms with Crippen LogP contribution in [-0.4, -0.2) is 19.0 Å². The van der Waals surface area contributed by atoms with Gasteiger partial charge in [-0.25, -0.2) is 0 Å². The summed E-state index contributed by atoms with van der Waals surface area (Å²) in [5.41, 5.74) is 6.00. The van der Waals surface area contributed by atoms with Crippen molar-refractivity contribution in [3.63, 3.8) is 0 Å². The quantitative estimate of drug-likeness (QED) is 0.379. The van der Waals surface area contributed by atoms with Crippen molar-refractivity contribution in [2.24, 2.45) is 0 Å². The molecule has 5 heavy (non-hydrogen) atoms. The highest BCUT2D eigenvalue weighted by molar-refractivity contribution is 6.67. The van der Waals surface area contributed by atoms with Gasteiger partial charge in [-0.2, -0.15) is 0 Å². The summed E-state index contributed by atoms with van der Waals surface area (Å²) >= 11 is 0. The van der Waals surface area contributed by atoms with E-state index in [1.54, 1.807) is 0 Å². The van der Waals surface area contributed by atoms with Crippen molar-refractivity contribution in [1.29, 1.82) is 0 Å². The summed E-state index contributed by atoms with van der Waals surface area (Å²) in [6.07, 6.45) is 0. The minimum atomic E-state index is 1.14. The Bertz CT molecular complexity index is 42.9. The van der Waals surface area contributed by atoms with E-state index < -0.39 is 0 Å². The van der Waals surface area contributed by atoms with E-state index in [-0.39, 0.29) is 0 Å². The molecule has 1 heterocycles. The Morgan fingerprint density at radius 1 is 1.20 bits per heavy atom. The van der Waals surface area contributed by atoms with Crippen LogP contribution in [0.1, 0.15) is 0 Å². The Kier molecular flexibility index (Phi) is 1.06. The first kappa shape index (κ1) is 3.37. The predicted molar refractivity (Wildman–Crippen MR) is 25.5 cm³/mol. The van der Waals surface area contributed by atoms with Crippen molar-refractivity contribution in [3.8, 4) is 0 Å². The Morgan fingerprint density at radius 2 is 1.80 bits per heavy atom. The lowest BCUT2D eigenvalue weighted by Gasteiger charge is -1.64. The van der Waals surface area contributed by atoms with Gasteiger partial charge in [-0.15, -0.1) is 11.4 Å². The van der Waals surface area contributed by atoms with E-state index in [1.165, 1.54) is 5.67 Å². The molecule has 24 valence electrons. The third kappa shape index (κ3) is 0.737. The maximum absolute atomic E-state index is 2.28. The topological polar surface area (TPSA) is 0 Å². The highest BCUT2D eigenvalue weighted by Gasteiger charge is 1.88. The van der Waals surface area contributed by atoms with Gasteiger partial charge in [0, 0.05) is 0 Å². The molecule has 0 atom stereocenters. The Labute approximate surface area is 36.9 Å². The van der Waals surface area contributed by atoms with Crippen molar-refractivity contribution < 1.29 is 0 Å². The van der Waals surface area contributed by atoms with Gasteiger partial charge in [0.1, 0.15) is 0 Å². The zero-order chi connectivity index (χ0) is 3.54. The molecule has 1 rings (SSSR count). The van der Waals surface area contributed by atoms with Gasteiger partial charge in [-0.05, 0) is 0 Å². The summed E-state index contributed by atoms with van der Waals surface area (Å²) in [4.78, 5) is 0. The minimum Gasteiger partial charge on any atom is -0.107 e. The maximum atomic E-state index is 2.28. The van der Waals surface area contributed by atoms with Gasteiger partial charge in [-0.1, -0.05) is 5.67 Å². The van der Waals surface area contributed by atoms with Gasteiger partial charge in [0.05, 0.1) is 19.0 Å². The van der Waals surface area contributed by atoms with Crippen molar-refractivity contribution in [1.82, 2.24) is 0 Å². The molecule has 1 aliphatic rings. The van der Waals surface area contributed by atoms with Crippen LogP contribution in [0.15, 0.2) is 11.4 Å². The third-order valence-corrected chi connectivity index (χ3v) is 3.29. The van der Waals surface area contributed by atoms with Gasteiger partial charge in [0.15, 0.2) is 0 Å². The highest BCUT2D eigenvalue weighted by Crippen LogP contribution is 1.85. The van der Waals surface area contributed by atoms with Gasteiger partial charge >= 0.3 is 0 Å². The molecule has 0 amide bonds. The van der Waals surface area contributed by atoms with Crippen LogP contribution in [-0.2, 0) is 0 Å². The zero-order valence-electron chi connectivity index (χ0n) is 2.86. The minimum absolute atomic E-state index is 1.14. The molecule has 0 aliphatic carbocycles. The van der Waals surface area contributed by atoms with Crippen LogP contribution in [0.25, 0.3) is 0 Å². The van der Waals surface area contributed by atoms with Crippen LogP contribution >= 0.6 is 0 Å². The lowest BCUT2D eigenvalue weighted by atomic mass is 11.2. The molecular weight excluding hydrogens is 92.2 g/mol. The second-order valence-electron chi connectivity index (χ2n) is 0.918. The summed E-state index contributed by atoms with van der Waals surface area (Å²) in [6.45, 7) is 0. The molecule has 0 saturated heterocycles. The normalized spacial score (nSPS) is 20.8. The molecular formula is C3H4Si2. The molecule has 0 aromatic rings. The molecule has 0 unspecified atom stereocenters. The molecule has 0 nitrogen and oxygen atoms in total. The highest BCUT2D eigenvalue weighted by atomic mass is 28.3. The van der Waals surface area contributed by atoms with Gasteiger partial charge in [-0.3, -0.25) is 0 Å². The van der Waals surface area contributed by atoms with E-state index in [1.807, 2.05) is 0 Å². The molecule has 0 spiro atoms. The molecule has 4 radical (unpaired) electrons. The fourth-order valence-electron chi connectivity index (χ4n) is 0.295. The Morgan fingerprint density at radius 3 is 2.00 bits per heavy atom. The SMILES string of the molecule is C1=C[Si]C[Si]1. The fraction of sp³-hybridized carbons (Fsp3) is 0.333. The second kappa shape index (κ2) is 1.57. The molecule has 2 heteroatoms. The van der Waals surface area contributed by atoms with Crippen molar-refractivity contribution >= 4 is 19.0 Å². The Hall–Kier alpha value is 0.174. The standard InChI is InChI=1S/C3H4Si2/c1-2-5-3-4-1/h1-2H,3H2. The number of rotatable bonds is 0. The molecule has 0 aromatic carbocycles. The fourth-order valence-corrected chi connectivity index (χ4v) is 2.65. The third-order valence-electron chi connectivity index (χ3n) is 0.523. The van der Waals surface area contributed by atoms with E-state index in [2.05, 4.69) is 11.4 Å². The predicted octanol–water partition coefficient (Wildman–Crippen LogP) is 0.255. The van der Waals surface area contributed by atoms with Gasteiger partial charge in [0.25, 0.3) is 0 Å². The Balaban J connectivity index is 2.32. The van der Waals surface area contributed by atoms with E-state index in [0.29, 0.717) is 0 Å². The van der Waals surface area contributed by atoms with E-state index >= 15 is 0 Å². The molecule has 0 N–H and O–H groups in total. The summed E-state index contributed by atoms with van der Waals surface area (Å²) in [7, 11) is 2.28. The first-order valence-electron chi connectivity index (χ1n) is 1.62. The average Bonchev–Trinajstić information content (AvgIpc) is 1.76. The molecule has 0 saturated carbocycles. The van der Waals surface area contributed by atoms with Gasteiger partial charge in [0.2, 0.25) is 0 Å². The van der Waals surface area contributed by atoms with Crippen LogP contribution in [0.3, 0.4) is 0 Å². The average molecular weight is 96.2 g/mol. The second-order valence-corrected chi connectivity index (χ2v) is 3.82. The van der Waals surface area contributed by atoms with E-state index in [4.69, 9.17) is 0 Å². The summed E-state index contributed by atoms with van der Waals surface area (Å²) in [5, 5.41) is 0. The maximum Gasteiger partial charge on any atom is 0.0662 e. The van der Waals surface area contributed by atoms with Crippen molar-refractivity contribution in [2.45, 2.75) is 5.67 Å². The largest absolute Gasteiger partial charge is 0.107 e. The lowest BCUT2D eigenvalue weighted by molar-refractivity contribution is 2.07. The molecule has 1 aliphatic heterocycles. The van der Waals surface area contributed by atoms with Crippen molar-refractivity contribution in [2.75, 3.05) is 0 Å². The number of hydrogen-bond acceptors (Lipinski definition) is 0. The monoisotopic (exact) mass is 96.0 g/mol. The smallest absolute Gasteiger partial charge is 0.0662 e. The number of hydrogen-bond donors (Lipinski definition) is 0. The van der Waals surface area contributed by atoms with Crippen LogP contribution < -0.4 is 0 Å². The molecule has 0 fully saturated rings. The first-order valence-corrected chi connectivity index (χ1v) is 4.19.